The summed E-state index contributed by atoms with van der Waals surface area (Å²) in [5.41, 5.74) is 1.02. The third kappa shape index (κ3) is 22.6. The fraction of sp³-hybridized carbons (Fsp3) is 0.684. The van der Waals surface area contributed by atoms with Crippen molar-refractivity contribution in [3.8, 4) is 11.5 Å². The number of benzene rings is 2. The van der Waals surface area contributed by atoms with Crippen molar-refractivity contribution in [1.29, 1.82) is 0 Å². The summed E-state index contributed by atoms with van der Waals surface area (Å²) in [4.78, 5) is -1.02. The standard InChI is InChI=1S/2C19H32O4S.Ca/c2*1-2-3-4-5-6-7-8-9-10-11-12-14-17-15-13-16-18(19(17)20)24(21,22)23;/h2*13,15-16,20H,2-12,14H2,1H3,(H,21,22,23);/q;;+2/p-2. The van der Waals surface area contributed by atoms with Gasteiger partial charge >= 0.3 is 37.7 Å². The zero-order valence-corrected chi connectivity index (χ0v) is 34.1. The third-order valence-electron chi connectivity index (χ3n) is 8.79. The van der Waals surface area contributed by atoms with Gasteiger partial charge < -0.3 is 14.8 Å². The second-order valence-corrected chi connectivity index (χ2v) is 15.7. The van der Waals surface area contributed by atoms with E-state index >= 15 is 0 Å². The molecule has 0 spiro atoms. The Morgan fingerprint density at radius 2 is 0.857 bits per heavy atom. The Morgan fingerprint density at radius 3 is 1.22 bits per heavy atom. The number of unbranched alkanes of at least 4 members (excludes halogenated alkanes) is 20. The predicted octanol–water partition coefficient (Wildman–Crippen LogP) is 9.63. The summed E-state index contributed by atoms with van der Waals surface area (Å²) in [5, 5.41) is 21.9. The van der Waals surface area contributed by atoms with Crippen LogP contribution in [0.4, 0.5) is 0 Å². The second-order valence-electron chi connectivity index (χ2n) is 13.0. The van der Waals surface area contributed by atoms with Crippen LogP contribution in [0.3, 0.4) is 0 Å². The van der Waals surface area contributed by atoms with Crippen molar-refractivity contribution in [3.05, 3.63) is 47.5 Å². The number of hydrogen-bond donors (Lipinski definition) is 2. The molecule has 0 heterocycles. The van der Waals surface area contributed by atoms with E-state index in [4.69, 9.17) is 4.55 Å². The SMILES string of the molecule is CCCCCCCCCCCCCc1cccc(S(=O)(=O)O)c1O.CCCCCCCCCCCCCc1cccc(S(=O)(=O)[O-])c1[O-].[Ca+2]. The summed E-state index contributed by atoms with van der Waals surface area (Å²) in [6.07, 6.45) is 28.4. The monoisotopic (exact) mass is 750 g/mol. The molecule has 2 aromatic carbocycles. The van der Waals surface area contributed by atoms with Crippen LogP contribution in [0.2, 0.25) is 0 Å². The van der Waals surface area contributed by atoms with Gasteiger partial charge in [0.25, 0.3) is 10.1 Å². The van der Waals surface area contributed by atoms with Crippen LogP contribution in [0.1, 0.15) is 166 Å². The Bertz CT molecular complexity index is 1240. The molecule has 276 valence electrons. The average molecular weight is 751 g/mol. The van der Waals surface area contributed by atoms with Crippen LogP contribution < -0.4 is 5.11 Å². The van der Waals surface area contributed by atoms with E-state index in [1.54, 1.807) is 18.2 Å². The number of phenols is 1. The maximum Gasteiger partial charge on any atom is 2.00 e. The molecule has 8 nitrogen and oxygen atoms in total. The van der Waals surface area contributed by atoms with Crippen LogP contribution in [0.25, 0.3) is 0 Å². The minimum Gasteiger partial charge on any atom is -0.871 e. The van der Waals surface area contributed by atoms with Crippen molar-refractivity contribution in [2.75, 3.05) is 0 Å². The van der Waals surface area contributed by atoms with E-state index in [0.29, 0.717) is 24.0 Å². The van der Waals surface area contributed by atoms with E-state index in [1.165, 1.54) is 121 Å². The van der Waals surface area contributed by atoms with Gasteiger partial charge in [-0.25, -0.2) is 8.42 Å². The summed E-state index contributed by atoms with van der Waals surface area (Å²) < 4.78 is 64.4. The topological polar surface area (TPSA) is 155 Å². The van der Waals surface area contributed by atoms with Crippen LogP contribution in [-0.4, -0.2) is 68.8 Å². The molecule has 0 unspecified atom stereocenters. The Kier molecular flexibility index (Phi) is 28.2. The molecule has 0 bridgehead atoms. The average Bonchev–Trinajstić information content (AvgIpc) is 3.03. The van der Waals surface area contributed by atoms with Crippen molar-refractivity contribution in [1.82, 2.24) is 0 Å². The molecule has 11 heteroatoms. The number of para-hydroxylation sites is 2. The molecule has 0 fully saturated rings. The number of rotatable bonds is 26. The largest absolute Gasteiger partial charge is 2.00 e. The first-order valence-electron chi connectivity index (χ1n) is 18.5. The number of hydrogen-bond acceptors (Lipinski definition) is 7. The summed E-state index contributed by atoms with van der Waals surface area (Å²) in [6.45, 7) is 4.46. The third-order valence-corrected chi connectivity index (χ3v) is 10.5. The van der Waals surface area contributed by atoms with E-state index in [2.05, 4.69) is 13.8 Å². The molecule has 0 aliphatic rings. The molecule has 0 aromatic heterocycles. The fourth-order valence-corrected chi connectivity index (χ4v) is 7.12. The molecular formula is C38H62CaO8S2. The zero-order chi connectivity index (χ0) is 35.7. The summed E-state index contributed by atoms with van der Waals surface area (Å²) in [7, 11) is -9.03. The first kappa shape index (κ1) is 48.1. The van der Waals surface area contributed by atoms with Gasteiger partial charge in [-0.05, 0) is 43.4 Å². The number of aryl methyl sites for hydroxylation is 2. The van der Waals surface area contributed by atoms with E-state index < -0.39 is 35.8 Å². The normalized spacial score (nSPS) is 11.5. The van der Waals surface area contributed by atoms with Crippen molar-refractivity contribution in [3.63, 3.8) is 0 Å². The van der Waals surface area contributed by atoms with Gasteiger partial charge in [0.1, 0.15) is 20.8 Å². The maximum absolute atomic E-state index is 11.9. The van der Waals surface area contributed by atoms with Crippen LogP contribution in [0.5, 0.6) is 11.5 Å². The van der Waals surface area contributed by atoms with Gasteiger partial charge in [0, 0.05) is 4.90 Å². The smallest absolute Gasteiger partial charge is 0.871 e. The van der Waals surface area contributed by atoms with Crippen molar-refractivity contribution in [2.45, 2.75) is 178 Å². The number of phenolic OH excluding ortho intramolecular Hbond substituents is 1. The van der Waals surface area contributed by atoms with E-state index in [9.17, 15) is 31.6 Å². The minimum atomic E-state index is -4.67. The van der Waals surface area contributed by atoms with Crippen LogP contribution in [-0.2, 0) is 33.1 Å². The van der Waals surface area contributed by atoms with E-state index in [-0.39, 0.29) is 43.5 Å². The quantitative estimate of drug-likeness (QED) is 0.0547. The van der Waals surface area contributed by atoms with Gasteiger partial charge in [0.15, 0.2) is 0 Å². The van der Waals surface area contributed by atoms with Gasteiger partial charge in [-0.15, -0.1) is 0 Å². The molecule has 0 saturated carbocycles. The Labute approximate surface area is 328 Å². The molecule has 0 saturated heterocycles. The van der Waals surface area contributed by atoms with E-state index in [1.807, 2.05) is 0 Å². The van der Waals surface area contributed by atoms with Crippen molar-refractivity contribution in [2.24, 2.45) is 0 Å². The van der Waals surface area contributed by atoms with Crippen molar-refractivity contribution >= 4 is 58.0 Å². The van der Waals surface area contributed by atoms with Gasteiger partial charge in [-0.3, -0.25) is 4.55 Å². The molecule has 0 aliphatic carbocycles. The second kappa shape index (κ2) is 28.7. The Morgan fingerprint density at radius 1 is 0.531 bits per heavy atom. The Balaban J connectivity index is 0.000000922. The molecule has 2 N–H and O–H groups in total. The minimum absolute atomic E-state index is 0. The summed E-state index contributed by atoms with van der Waals surface area (Å²) in [6, 6.07) is 8.66. The molecule has 49 heavy (non-hydrogen) atoms. The molecule has 0 radical (unpaired) electrons. The van der Waals surface area contributed by atoms with Crippen LogP contribution in [0, 0.1) is 0 Å². The van der Waals surface area contributed by atoms with Crippen LogP contribution in [0.15, 0.2) is 46.2 Å². The van der Waals surface area contributed by atoms with Crippen LogP contribution >= 0.6 is 0 Å². The van der Waals surface area contributed by atoms with Gasteiger partial charge in [0.05, 0.1) is 0 Å². The molecule has 2 rings (SSSR count). The Hall–Kier alpha value is -0.880. The zero-order valence-electron chi connectivity index (χ0n) is 30.3. The van der Waals surface area contributed by atoms with Gasteiger partial charge in [-0.1, -0.05) is 178 Å². The molecule has 0 aliphatic heterocycles. The predicted molar refractivity (Wildman–Crippen MR) is 198 cm³/mol. The first-order valence-corrected chi connectivity index (χ1v) is 21.3. The maximum atomic E-state index is 11.9. The molecular weight excluding hydrogens is 689 g/mol. The molecule has 0 amide bonds. The fourth-order valence-electron chi connectivity index (χ4n) is 5.89. The summed E-state index contributed by atoms with van der Waals surface area (Å²) >= 11 is 0. The van der Waals surface area contributed by atoms with E-state index in [0.717, 1.165) is 38.2 Å². The van der Waals surface area contributed by atoms with Gasteiger partial charge in [-0.2, -0.15) is 8.42 Å². The van der Waals surface area contributed by atoms with Crippen molar-refractivity contribution < 1.29 is 36.2 Å². The summed E-state index contributed by atoms with van der Waals surface area (Å²) in [5.74, 6) is -0.938. The molecule has 2 aromatic rings. The molecule has 0 atom stereocenters. The number of aromatic hydroxyl groups is 1. The first-order chi connectivity index (χ1) is 22.9. The van der Waals surface area contributed by atoms with Gasteiger partial charge in [0.2, 0.25) is 0 Å².